The van der Waals surface area contributed by atoms with E-state index in [4.69, 9.17) is 7.85 Å². The van der Waals surface area contributed by atoms with Crippen LogP contribution in [0.1, 0.15) is 12.8 Å². The van der Waals surface area contributed by atoms with Crippen LogP contribution >= 0.6 is 0 Å². The summed E-state index contributed by atoms with van der Waals surface area (Å²) in [6.45, 7) is 0.204. The van der Waals surface area contributed by atoms with Crippen LogP contribution in [0, 0.1) is 5.82 Å². The predicted octanol–water partition coefficient (Wildman–Crippen LogP) is -0.0269. The van der Waals surface area contributed by atoms with Gasteiger partial charge in [0.2, 0.25) is 10.0 Å². The van der Waals surface area contributed by atoms with Crippen molar-refractivity contribution < 1.29 is 17.6 Å². The molecular weight excluding hydrogens is 256 g/mol. The Kier molecular flexibility index (Phi) is 3.54. The van der Waals surface area contributed by atoms with Gasteiger partial charge in [-0.25, -0.2) is 12.8 Å². The van der Waals surface area contributed by atoms with Crippen molar-refractivity contribution >= 4 is 29.1 Å². The van der Waals surface area contributed by atoms with Crippen molar-refractivity contribution in [3.8, 4) is 0 Å². The van der Waals surface area contributed by atoms with E-state index in [9.17, 15) is 17.6 Å². The molecule has 0 unspecified atom stereocenters. The third-order valence-corrected chi connectivity index (χ3v) is 4.79. The fraction of sp³-hybridized carbons (Fsp3) is 0.364. The summed E-state index contributed by atoms with van der Waals surface area (Å²) in [5.74, 6) is -0.842. The molecule has 1 aliphatic rings. The maximum absolute atomic E-state index is 13.6. The number of ketones is 1. The molecule has 0 N–H and O–H groups in total. The summed E-state index contributed by atoms with van der Waals surface area (Å²) in [6, 6.07) is 3.46. The second kappa shape index (κ2) is 4.82. The fourth-order valence-electron chi connectivity index (χ4n) is 1.84. The first kappa shape index (κ1) is 13.2. The number of sulfonamides is 1. The van der Waals surface area contributed by atoms with Gasteiger partial charge >= 0.3 is 0 Å². The molecule has 0 saturated carbocycles. The van der Waals surface area contributed by atoms with Crippen molar-refractivity contribution in [2.45, 2.75) is 17.7 Å². The average Bonchev–Trinajstić information content (AvgIpc) is 2.29. The summed E-state index contributed by atoms with van der Waals surface area (Å²) < 4.78 is 39.1. The molecule has 0 spiro atoms. The van der Waals surface area contributed by atoms with Crippen molar-refractivity contribution in [3.05, 3.63) is 24.0 Å². The predicted molar refractivity (Wildman–Crippen MR) is 64.8 cm³/mol. The van der Waals surface area contributed by atoms with E-state index in [1.165, 1.54) is 6.07 Å². The largest absolute Gasteiger partial charge is 0.300 e. The third kappa shape index (κ3) is 2.47. The smallest absolute Gasteiger partial charge is 0.246 e. The van der Waals surface area contributed by atoms with E-state index in [1.807, 2.05) is 0 Å². The molecule has 7 heteroatoms. The summed E-state index contributed by atoms with van der Waals surface area (Å²) >= 11 is 0. The number of carbonyl (C=O) groups excluding carboxylic acids is 1. The summed E-state index contributed by atoms with van der Waals surface area (Å²) in [6.07, 6.45) is 0.353. The third-order valence-electron chi connectivity index (χ3n) is 2.85. The molecule has 2 radical (unpaired) electrons. The Bertz CT molecular complexity index is 578. The van der Waals surface area contributed by atoms with Crippen LogP contribution in [0.15, 0.2) is 23.1 Å². The molecule has 1 heterocycles. The molecule has 0 bridgehead atoms. The van der Waals surface area contributed by atoms with Gasteiger partial charge in [-0.05, 0) is 12.1 Å². The minimum atomic E-state index is -3.88. The topological polar surface area (TPSA) is 54.5 Å². The number of hydrogen-bond acceptors (Lipinski definition) is 3. The Labute approximate surface area is 106 Å². The van der Waals surface area contributed by atoms with E-state index in [0.717, 1.165) is 16.4 Å². The van der Waals surface area contributed by atoms with E-state index in [-0.39, 0.29) is 37.2 Å². The highest BCUT2D eigenvalue weighted by Crippen LogP contribution is 2.21. The number of piperidine rings is 1. The normalized spacial score (nSPS) is 17.9. The Morgan fingerprint density at radius 3 is 2.39 bits per heavy atom. The zero-order valence-corrected chi connectivity index (χ0v) is 10.4. The number of nitrogens with zero attached hydrogens (tertiary/aromatic N) is 1. The monoisotopic (exact) mass is 267 g/mol. The van der Waals surface area contributed by atoms with Gasteiger partial charge in [0.25, 0.3) is 0 Å². The lowest BCUT2D eigenvalue weighted by Crippen LogP contribution is -2.39. The van der Waals surface area contributed by atoms with Crippen molar-refractivity contribution in [1.29, 1.82) is 0 Å². The van der Waals surface area contributed by atoms with Crippen LogP contribution < -0.4 is 5.46 Å². The Morgan fingerprint density at radius 1 is 1.22 bits per heavy atom. The van der Waals surface area contributed by atoms with Crippen LogP contribution in [0.5, 0.6) is 0 Å². The van der Waals surface area contributed by atoms with Gasteiger partial charge in [0, 0.05) is 25.9 Å². The molecule has 0 atom stereocenters. The Balaban J connectivity index is 2.33. The molecule has 0 amide bonds. The Hall–Kier alpha value is -1.21. The second-order valence-electron chi connectivity index (χ2n) is 4.13. The lowest BCUT2D eigenvalue weighted by Gasteiger charge is -2.25. The van der Waals surface area contributed by atoms with Crippen LogP contribution in [0.3, 0.4) is 0 Å². The number of benzene rings is 1. The van der Waals surface area contributed by atoms with Gasteiger partial charge < -0.3 is 0 Å². The second-order valence-corrected chi connectivity index (χ2v) is 6.04. The average molecular weight is 267 g/mol. The van der Waals surface area contributed by atoms with E-state index in [1.54, 1.807) is 0 Å². The molecule has 94 valence electrons. The standard InChI is InChI=1S/C11H11BFNO3S/c12-8-1-2-11(10(13)7-8)18(16,17)14-5-3-9(15)4-6-14/h1-2,7H,3-6H2. The van der Waals surface area contributed by atoms with E-state index in [0.29, 0.717) is 0 Å². The molecule has 18 heavy (non-hydrogen) atoms. The van der Waals surface area contributed by atoms with Gasteiger partial charge in [-0.15, -0.1) is 0 Å². The molecule has 0 aliphatic carbocycles. The van der Waals surface area contributed by atoms with Crippen LogP contribution in [0.4, 0.5) is 4.39 Å². The fourth-order valence-corrected chi connectivity index (χ4v) is 3.33. The molecule has 1 saturated heterocycles. The molecule has 1 aromatic rings. The molecule has 2 rings (SSSR count). The molecular formula is C11H11BFNO3S. The molecule has 1 fully saturated rings. The van der Waals surface area contributed by atoms with Gasteiger partial charge in [0.1, 0.15) is 24.3 Å². The van der Waals surface area contributed by atoms with Crippen LogP contribution in [-0.4, -0.2) is 39.4 Å². The zero-order valence-electron chi connectivity index (χ0n) is 9.60. The van der Waals surface area contributed by atoms with Crippen molar-refractivity contribution in [2.75, 3.05) is 13.1 Å². The minimum Gasteiger partial charge on any atom is -0.300 e. The van der Waals surface area contributed by atoms with E-state index in [2.05, 4.69) is 0 Å². The molecule has 1 aromatic carbocycles. The van der Waals surface area contributed by atoms with E-state index < -0.39 is 20.7 Å². The van der Waals surface area contributed by atoms with E-state index >= 15 is 0 Å². The zero-order chi connectivity index (χ0) is 13.3. The molecule has 0 aromatic heterocycles. The van der Waals surface area contributed by atoms with Crippen LogP contribution in [-0.2, 0) is 14.8 Å². The van der Waals surface area contributed by atoms with Gasteiger partial charge in [-0.3, -0.25) is 4.79 Å². The van der Waals surface area contributed by atoms with Gasteiger partial charge in [0.05, 0.1) is 0 Å². The maximum atomic E-state index is 13.6. The first-order valence-corrected chi connectivity index (χ1v) is 6.92. The van der Waals surface area contributed by atoms with Crippen molar-refractivity contribution in [2.24, 2.45) is 0 Å². The number of Topliss-reactive ketones (excluding diaryl/α,β-unsaturated/α-hetero) is 1. The number of carbonyl (C=O) groups is 1. The number of halogens is 1. The van der Waals surface area contributed by atoms with Crippen LogP contribution in [0.25, 0.3) is 0 Å². The summed E-state index contributed by atoms with van der Waals surface area (Å²) in [5, 5.41) is 0. The quantitative estimate of drug-likeness (QED) is 0.707. The SMILES string of the molecule is [B]c1ccc(S(=O)(=O)N2CCC(=O)CC2)c(F)c1. The minimum absolute atomic E-state index is 0.0271. The van der Waals surface area contributed by atoms with Crippen LogP contribution in [0.2, 0.25) is 0 Å². The highest BCUT2D eigenvalue weighted by Gasteiger charge is 2.30. The summed E-state index contributed by atoms with van der Waals surface area (Å²) in [5.41, 5.74) is 0.167. The molecule has 4 nitrogen and oxygen atoms in total. The number of rotatable bonds is 2. The van der Waals surface area contributed by atoms with Gasteiger partial charge in [-0.2, -0.15) is 4.31 Å². The van der Waals surface area contributed by atoms with Gasteiger partial charge in [0.15, 0.2) is 0 Å². The first-order chi connectivity index (χ1) is 8.41. The van der Waals surface area contributed by atoms with Gasteiger partial charge in [-0.1, -0.05) is 11.5 Å². The lowest BCUT2D eigenvalue weighted by molar-refractivity contribution is -0.120. The van der Waals surface area contributed by atoms with Crippen molar-refractivity contribution in [1.82, 2.24) is 4.31 Å². The maximum Gasteiger partial charge on any atom is 0.246 e. The van der Waals surface area contributed by atoms with Crippen molar-refractivity contribution in [3.63, 3.8) is 0 Å². The lowest BCUT2D eigenvalue weighted by atomic mass is 9.97. The highest BCUT2D eigenvalue weighted by atomic mass is 32.2. The first-order valence-electron chi connectivity index (χ1n) is 5.48. The Morgan fingerprint density at radius 2 is 1.83 bits per heavy atom. The summed E-state index contributed by atoms with van der Waals surface area (Å²) in [7, 11) is 1.49. The summed E-state index contributed by atoms with van der Waals surface area (Å²) in [4.78, 5) is 10.7. The highest BCUT2D eigenvalue weighted by molar-refractivity contribution is 7.89. The molecule has 1 aliphatic heterocycles. The number of hydrogen-bond donors (Lipinski definition) is 0.